The maximum atomic E-state index is 15.9. The molecule has 0 unspecified atom stereocenters. The Morgan fingerprint density at radius 2 is 1.35 bits per heavy atom. The van der Waals surface area contributed by atoms with Gasteiger partial charge in [0.05, 0.1) is 10.6 Å². The van der Waals surface area contributed by atoms with Crippen molar-refractivity contribution in [3.05, 3.63) is 58.1 Å². The van der Waals surface area contributed by atoms with Gasteiger partial charge in [-0.1, -0.05) is 0 Å². The number of amides is 2. The summed E-state index contributed by atoms with van der Waals surface area (Å²) in [5, 5.41) is 11.7. The van der Waals surface area contributed by atoms with Crippen molar-refractivity contribution >= 4 is 34.9 Å². The molecule has 0 N–H and O–H groups in total. The molecule has 0 heterocycles. The molecule has 2 aromatic rings. The fourth-order valence-electron chi connectivity index (χ4n) is 2.84. The van der Waals surface area contributed by atoms with E-state index < -0.39 is 51.3 Å². The molecule has 2 amide bonds. The van der Waals surface area contributed by atoms with Gasteiger partial charge in [-0.25, -0.2) is 18.4 Å². The zero-order valence-electron chi connectivity index (χ0n) is 20.0. The molecule has 2 rings (SSSR count). The number of carbonyl (C=O) groups excluding carboxylic acids is 2. The summed E-state index contributed by atoms with van der Waals surface area (Å²) in [6.07, 6.45) is -2.71. The summed E-state index contributed by atoms with van der Waals surface area (Å²) in [7, 11) is 1.44. The molecule has 0 spiro atoms. The Balaban J connectivity index is 2.74. The molecule has 0 fully saturated rings. The van der Waals surface area contributed by atoms with Gasteiger partial charge in [0.15, 0.2) is 11.5 Å². The van der Waals surface area contributed by atoms with Gasteiger partial charge in [0.2, 0.25) is 0 Å². The molecule has 9 nitrogen and oxygen atoms in total. The average Bonchev–Trinajstić information content (AvgIpc) is 2.66. The number of ether oxygens (including phenoxy) is 2. The van der Waals surface area contributed by atoms with E-state index in [1.165, 1.54) is 65.6 Å². The lowest BCUT2D eigenvalue weighted by Gasteiger charge is -2.29. The number of anilines is 3. The topological polar surface area (TPSA) is 102 Å². The second kappa shape index (κ2) is 9.62. The van der Waals surface area contributed by atoms with Crippen molar-refractivity contribution in [2.75, 3.05) is 16.8 Å². The van der Waals surface area contributed by atoms with Crippen LogP contribution < -0.4 is 9.80 Å². The highest BCUT2D eigenvalue weighted by molar-refractivity contribution is 6.11. The third kappa shape index (κ3) is 6.40. The zero-order valence-corrected chi connectivity index (χ0v) is 20.0. The van der Waals surface area contributed by atoms with Crippen LogP contribution in [0.5, 0.6) is 0 Å². The van der Waals surface area contributed by atoms with Crippen LogP contribution in [-0.2, 0) is 9.47 Å². The standard InChI is InChI=1S/C23H27F2N3O6/c1-22(2,3)33-20(29)27(21(30)34-23(4,5)6)19-17(28(31)32)13-12-16(18(19)25)26(7)15-10-8-14(24)9-11-15/h8-13H,1-7H3. The Labute approximate surface area is 196 Å². The molecule has 0 bridgehead atoms. The van der Waals surface area contributed by atoms with Gasteiger partial charge in [-0.2, -0.15) is 4.90 Å². The average molecular weight is 479 g/mol. The Kier molecular flexibility index (Phi) is 7.49. The van der Waals surface area contributed by atoms with Crippen molar-refractivity contribution in [3.63, 3.8) is 0 Å². The van der Waals surface area contributed by atoms with E-state index in [1.54, 1.807) is 0 Å². The van der Waals surface area contributed by atoms with Crippen LogP contribution in [-0.4, -0.2) is 35.4 Å². The van der Waals surface area contributed by atoms with Gasteiger partial charge in [-0.3, -0.25) is 10.1 Å². The number of halogens is 2. The van der Waals surface area contributed by atoms with Gasteiger partial charge in [-0.05, 0) is 71.9 Å². The van der Waals surface area contributed by atoms with E-state index in [-0.39, 0.29) is 10.6 Å². The maximum Gasteiger partial charge on any atom is 0.424 e. The van der Waals surface area contributed by atoms with Crippen molar-refractivity contribution in [3.8, 4) is 0 Å². The first-order valence-electron chi connectivity index (χ1n) is 10.2. The highest BCUT2D eigenvalue weighted by atomic mass is 19.1. The Bertz CT molecular complexity index is 1060. The van der Waals surface area contributed by atoms with Crippen LogP contribution in [0.15, 0.2) is 36.4 Å². The number of carbonyl (C=O) groups is 2. The second-order valence-corrected chi connectivity index (χ2v) is 9.36. The van der Waals surface area contributed by atoms with Crippen molar-refractivity contribution < 1.29 is 32.8 Å². The normalized spacial score (nSPS) is 11.6. The van der Waals surface area contributed by atoms with Crippen molar-refractivity contribution in [2.45, 2.75) is 52.7 Å². The summed E-state index contributed by atoms with van der Waals surface area (Å²) in [6.45, 7) is 9.09. The van der Waals surface area contributed by atoms with E-state index in [9.17, 15) is 24.1 Å². The summed E-state index contributed by atoms with van der Waals surface area (Å²) in [4.78, 5) is 38.2. The van der Waals surface area contributed by atoms with Gasteiger partial charge in [0, 0.05) is 18.8 Å². The minimum atomic E-state index is -1.36. The molecule has 0 saturated carbocycles. The molecule has 34 heavy (non-hydrogen) atoms. The van der Waals surface area contributed by atoms with Crippen LogP contribution in [0, 0.1) is 21.7 Å². The Hall–Kier alpha value is -3.76. The van der Waals surface area contributed by atoms with Crippen LogP contribution in [0.2, 0.25) is 0 Å². The van der Waals surface area contributed by atoms with E-state index in [0.717, 1.165) is 24.3 Å². The fraction of sp³-hybridized carbons (Fsp3) is 0.391. The lowest BCUT2D eigenvalue weighted by atomic mass is 10.1. The van der Waals surface area contributed by atoms with E-state index in [0.29, 0.717) is 5.69 Å². The molecule has 2 aromatic carbocycles. The largest absolute Gasteiger partial charge is 0.443 e. The van der Waals surface area contributed by atoms with E-state index in [1.807, 2.05) is 0 Å². The molecule has 0 radical (unpaired) electrons. The Morgan fingerprint density at radius 3 is 1.76 bits per heavy atom. The summed E-state index contributed by atoms with van der Waals surface area (Å²) < 4.78 is 39.6. The maximum absolute atomic E-state index is 15.9. The number of nitro benzene ring substituents is 1. The summed E-state index contributed by atoms with van der Waals surface area (Å²) in [6, 6.07) is 7.12. The van der Waals surface area contributed by atoms with Crippen LogP contribution in [0.25, 0.3) is 0 Å². The molecule has 184 valence electrons. The van der Waals surface area contributed by atoms with Crippen molar-refractivity contribution in [2.24, 2.45) is 0 Å². The lowest BCUT2D eigenvalue weighted by molar-refractivity contribution is -0.384. The zero-order chi connectivity index (χ0) is 26.0. The molecule has 0 aliphatic rings. The fourth-order valence-corrected chi connectivity index (χ4v) is 2.84. The first-order valence-corrected chi connectivity index (χ1v) is 10.2. The van der Waals surface area contributed by atoms with Crippen LogP contribution >= 0.6 is 0 Å². The molecule has 0 atom stereocenters. The number of benzene rings is 2. The third-order valence-electron chi connectivity index (χ3n) is 4.22. The van der Waals surface area contributed by atoms with E-state index in [4.69, 9.17) is 9.47 Å². The predicted molar refractivity (Wildman–Crippen MR) is 122 cm³/mol. The quantitative estimate of drug-likeness (QED) is 0.374. The van der Waals surface area contributed by atoms with Gasteiger partial charge in [0.25, 0.3) is 5.69 Å². The van der Waals surface area contributed by atoms with E-state index in [2.05, 4.69) is 0 Å². The highest BCUT2D eigenvalue weighted by Gasteiger charge is 2.40. The SMILES string of the molecule is CN(c1ccc(F)cc1)c1ccc([N+](=O)[O-])c(N(C(=O)OC(C)(C)C)C(=O)OC(C)(C)C)c1F. The molecule has 11 heteroatoms. The van der Waals surface area contributed by atoms with Gasteiger partial charge in [-0.15, -0.1) is 0 Å². The van der Waals surface area contributed by atoms with Gasteiger partial charge >= 0.3 is 12.2 Å². The second-order valence-electron chi connectivity index (χ2n) is 9.36. The number of imide groups is 1. The smallest absolute Gasteiger partial charge is 0.424 e. The minimum Gasteiger partial charge on any atom is -0.443 e. The monoisotopic (exact) mass is 479 g/mol. The van der Waals surface area contributed by atoms with Crippen LogP contribution in [0.1, 0.15) is 41.5 Å². The van der Waals surface area contributed by atoms with Crippen molar-refractivity contribution in [1.29, 1.82) is 0 Å². The number of hydrogen-bond acceptors (Lipinski definition) is 7. The first kappa shape index (κ1) is 26.5. The summed E-state index contributed by atoms with van der Waals surface area (Å²) in [5.41, 5.74) is -3.88. The third-order valence-corrected chi connectivity index (χ3v) is 4.22. The van der Waals surface area contributed by atoms with Gasteiger partial charge < -0.3 is 14.4 Å². The highest BCUT2D eigenvalue weighted by Crippen LogP contribution is 2.40. The Morgan fingerprint density at radius 1 is 0.882 bits per heavy atom. The molecular weight excluding hydrogens is 452 g/mol. The lowest BCUT2D eigenvalue weighted by Crippen LogP contribution is -2.44. The van der Waals surface area contributed by atoms with E-state index >= 15 is 4.39 Å². The van der Waals surface area contributed by atoms with Gasteiger partial charge in [0.1, 0.15) is 17.0 Å². The first-order chi connectivity index (χ1) is 15.5. The predicted octanol–water partition coefficient (Wildman–Crippen LogP) is 6.32. The minimum absolute atomic E-state index is 0.173. The number of hydrogen-bond donors (Lipinski definition) is 0. The summed E-state index contributed by atoms with van der Waals surface area (Å²) in [5.74, 6) is -1.76. The number of rotatable bonds is 4. The molecule has 0 aliphatic heterocycles. The number of nitrogens with zero attached hydrogens (tertiary/aromatic N) is 3. The van der Waals surface area contributed by atoms with Crippen LogP contribution in [0.3, 0.4) is 0 Å². The molecule has 0 aromatic heterocycles. The number of nitro groups is 1. The molecule has 0 aliphatic carbocycles. The van der Waals surface area contributed by atoms with Crippen molar-refractivity contribution in [1.82, 2.24) is 0 Å². The van der Waals surface area contributed by atoms with Crippen LogP contribution in [0.4, 0.5) is 41.1 Å². The molecule has 0 saturated heterocycles. The molecular formula is C23H27F2N3O6. The summed E-state index contributed by atoms with van der Waals surface area (Å²) >= 11 is 0.